The Morgan fingerprint density at radius 3 is 2.72 bits per heavy atom. The molecule has 3 nitrogen and oxygen atoms in total. The first kappa shape index (κ1) is 16.9. The fraction of sp³-hybridized carbons (Fsp3) is 0.150. The zero-order valence-electron chi connectivity index (χ0n) is 13.5. The van der Waals surface area contributed by atoms with Crippen LogP contribution in [0.1, 0.15) is 17.2 Å². The summed E-state index contributed by atoms with van der Waals surface area (Å²) in [5, 5.41) is 0. The molecule has 0 fully saturated rings. The maximum Gasteiger partial charge on any atom is 0.411 e. The van der Waals surface area contributed by atoms with E-state index < -0.39 is 23.8 Å². The second-order valence-corrected chi connectivity index (χ2v) is 5.67. The molecule has 25 heavy (non-hydrogen) atoms. The van der Waals surface area contributed by atoms with Crippen molar-refractivity contribution in [2.45, 2.75) is 6.04 Å². The molecule has 3 rings (SSSR count). The summed E-state index contributed by atoms with van der Waals surface area (Å²) >= 11 is 0. The number of nitrogens with zero attached hydrogens (tertiary/aromatic N) is 1. The number of hydrogen-bond acceptors (Lipinski definition) is 2. The molecule has 5 heteroatoms. The molecule has 128 valence electrons. The minimum absolute atomic E-state index is 0.0838. The van der Waals surface area contributed by atoms with Gasteiger partial charge >= 0.3 is 6.09 Å². The molecule has 1 unspecified atom stereocenters. The highest BCUT2D eigenvalue weighted by Gasteiger charge is 2.32. The Kier molecular flexibility index (Phi) is 4.93. The van der Waals surface area contributed by atoms with E-state index in [0.717, 1.165) is 23.8 Å². The number of hydrogen-bond donors (Lipinski definition) is 0. The molecule has 0 aliphatic carbocycles. The lowest BCUT2D eigenvalue weighted by molar-refractivity contribution is 0.111. The molecular formula is C20H17F2NO2. The number of benzene rings is 2. The normalized spacial score (nSPS) is 16.5. The van der Waals surface area contributed by atoms with Gasteiger partial charge in [-0.15, -0.1) is 0 Å². The molecule has 0 N–H and O–H groups in total. The third-order valence-electron chi connectivity index (χ3n) is 4.01. The standard InChI is InChI=1S/C20H17F2NO2/c1-2-10-25-20(24)23-13-15(17-12-16(21)8-9-18(17)22)11-19(23)14-6-4-3-5-7-14/h2-9,11-12,19H,1,10,13H2. The topological polar surface area (TPSA) is 29.5 Å². The molecule has 1 heterocycles. The van der Waals surface area contributed by atoms with Gasteiger partial charge in [-0.05, 0) is 29.3 Å². The lowest BCUT2D eigenvalue weighted by Gasteiger charge is -2.24. The van der Waals surface area contributed by atoms with Crippen LogP contribution in [0, 0.1) is 11.6 Å². The van der Waals surface area contributed by atoms with Crippen LogP contribution in [-0.4, -0.2) is 24.1 Å². The molecule has 1 amide bonds. The average Bonchev–Trinajstić information content (AvgIpc) is 3.07. The van der Waals surface area contributed by atoms with Crippen molar-refractivity contribution in [2.24, 2.45) is 0 Å². The summed E-state index contributed by atoms with van der Waals surface area (Å²) in [5.41, 5.74) is 1.56. The van der Waals surface area contributed by atoms with Crippen LogP contribution < -0.4 is 0 Å². The number of amides is 1. The number of rotatable bonds is 4. The summed E-state index contributed by atoms with van der Waals surface area (Å²) in [4.78, 5) is 13.9. The van der Waals surface area contributed by atoms with Crippen molar-refractivity contribution in [3.05, 3.63) is 90.0 Å². The second-order valence-electron chi connectivity index (χ2n) is 5.67. The summed E-state index contributed by atoms with van der Waals surface area (Å²) < 4.78 is 32.8. The molecule has 2 aromatic rings. The molecule has 0 saturated carbocycles. The van der Waals surface area contributed by atoms with Crippen molar-refractivity contribution in [3.63, 3.8) is 0 Å². The van der Waals surface area contributed by atoms with Crippen LogP contribution in [0.25, 0.3) is 5.57 Å². The van der Waals surface area contributed by atoms with Crippen molar-refractivity contribution in [1.82, 2.24) is 4.90 Å². The molecule has 0 spiro atoms. The van der Waals surface area contributed by atoms with E-state index in [4.69, 9.17) is 4.74 Å². The van der Waals surface area contributed by atoms with Crippen molar-refractivity contribution in [2.75, 3.05) is 13.2 Å². The SMILES string of the molecule is C=CCOC(=O)N1CC(c2cc(F)ccc2F)=CC1c1ccccc1. The monoisotopic (exact) mass is 341 g/mol. The first-order valence-corrected chi connectivity index (χ1v) is 7.85. The van der Waals surface area contributed by atoms with Crippen LogP contribution in [-0.2, 0) is 4.74 Å². The van der Waals surface area contributed by atoms with E-state index in [0.29, 0.717) is 5.57 Å². The smallest absolute Gasteiger partial charge is 0.411 e. The molecule has 0 radical (unpaired) electrons. The van der Waals surface area contributed by atoms with Crippen LogP contribution in [0.15, 0.2) is 67.3 Å². The van der Waals surface area contributed by atoms with Gasteiger partial charge in [0.1, 0.15) is 18.2 Å². The van der Waals surface area contributed by atoms with E-state index in [9.17, 15) is 13.6 Å². The van der Waals surface area contributed by atoms with Gasteiger partial charge in [-0.2, -0.15) is 0 Å². The van der Waals surface area contributed by atoms with E-state index >= 15 is 0 Å². The Morgan fingerprint density at radius 1 is 1.24 bits per heavy atom. The summed E-state index contributed by atoms with van der Waals surface area (Å²) in [6, 6.07) is 12.2. The van der Waals surface area contributed by atoms with E-state index in [-0.39, 0.29) is 18.7 Å². The quantitative estimate of drug-likeness (QED) is 0.753. The Bertz CT molecular complexity index is 818. The Morgan fingerprint density at radius 2 is 2.00 bits per heavy atom. The lowest BCUT2D eigenvalue weighted by Crippen LogP contribution is -2.32. The molecule has 1 atom stereocenters. The van der Waals surface area contributed by atoms with Gasteiger partial charge in [-0.25, -0.2) is 13.6 Å². The summed E-state index contributed by atoms with van der Waals surface area (Å²) in [6.07, 6.45) is 2.71. The minimum atomic E-state index is -0.531. The molecular weight excluding hydrogens is 324 g/mol. The zero-order chi connectivity index (χ0) is 17.8. The van der Waals surface area contributed by atoms with Crippen molar-refractivity contribution >= 4 is 11.7 Å². The van der Waals surface area contributed by atoms with Crippen LogP contribution in [0.4, 0.5) is 13.6 Å². The fourth-order valence-corrected chi connectivity index (χ4v) is 2.85. The van der Waals surface area contributed by atoms with Crippen LogP contribution >= 0.6 is 0 Å². The Hall–Kier alpha value is -2.95. The van der Waals surface area contributed by atoms with Gasteiger partial charge in [-0.1, -0.05) is 49.1 Å². The van der Waals surface area contributed by atoms with Crippen molar-refractivity contribution in [1.29, 1.82) is 0 Å². The largest absolute Gasteiger partial charge is 0.445 e. The van der Waals surface area contributed by atoms with Crippen LogP contribution in [0.3, 0.4) is 0 Å². The van der Waals surface area contributed by atoms with Gasteiger partial charge in [0.05, 0.1) is 12.6 Å². The van der Waals surface area contributed by atoms with Crippen LogP contribution in [0.5, 0.6) is 0 Å². The third kappa shape index (κ3) is 3.60. The molecule has 0 saturated heterocycles. The molecule has 1 aliphatic heterocycles. The Labute approximate surface area is 144 Å². The van der Waals surface area contributed by atoms with E-state index in [2.05, 4.69) is 6.58 Å². The van der Waals surface area contributed by atoms with E-state index in [1.165, 1.54) is 11.0 Å². The lowest BCUT2D eigenvalue weighted by atomic mass is 10.0. The number of ether oxygens (including phenoxy) is 1. The molecule has 1 aliphatic rings. The number of carbonyl (C=O) groups is 1. The van der Waals surface area contributed by atoms with Crippen LogP contribution in [0.2, 0.25) is 0 Å². The first-order valence-electron chi connectivity index (χ1n) is 7.85. The molecule has 0 aromatic heterocycles. The van der Waals surface area contributed by atoms with Gasteiger partial charge in [0, 0.05) is 5.56 Å². The summed E-state index contributed by atoms with van der Waals surface area (Å²) in [6.45, 7) is 3.74. The van der Waals surface area contributed by atoms with Crippen molar-refractivity contribution in [3.8, 4) is 0 Å². The number of carbonyl (C=O) groups excluding carboxylic acids is 1. The number of halogens is 2. The van der Waals surface area contributed by atoms with E-state index in [1.807, 2.05) is 30.3 Å². The minimum Gasteiger partial charge on any atom is -0.445 e. The predicted octanol–water partition coefficient (Wildman–Crippen LogP) is 4.73. The van der Waals surface area contributed by atoms with Gasteiger partial charge in [-0.3, -0.25) is 4.90 Å². The molecule has 2 aromatic carbocycles. The van der Waals surface area contributed by atoms with E-state index in [1.54, 1.807) is 6.08 Å². The second kappa shape index (κ2) is 7.30. The van der Waals surface area contributed by atoms with Gasteiger partial charge in [0.25, 0.3) is 0 Å². The molecule has 0 bridgehead atoms. The van der Waals surface area contributed by atoms with Gasteiger partial charge in [0.15, 0.2) is 0 Å². The highest BCUT2D eigenvalue weighted by molar-refractivity contribution is 5.79. The summed E-state index contributed by atoms with van der Waals surface area (Å²) in [7, 11) is 0. The zero-order valence-corrected chi connectivity index (χ0v) is 13.5. The fourth-order valence-electron chi connectivity index (χ4n) is 2.85. The maximum atomic E-state index is 14.1. The summed E-state index contributed by atoms with van der Waals surface area (Å²) in [5.74, 6) is -1.05. The van der Waals surface area contributed by atoms with Gasteiger partial charge < -0.3 is 4.74 Å². The first-order chi connectivity index (χ1) is 12.1. The van der Waals surface area contributed by atoms with Crippen molar-refractivity contribution < 1.29 is 18.3 Å². The Balaban J connectivity index is 1.97. The predicted molar refractivity (Wildman–Crippen MR) is 91.8 cm³/mol. The maximum absolute atomic E-state index is 14.1. The van der Waals surface area contributed by atoms with Gasteiger partial charge in [0.2, 0.25) is 0 Å². The average molecular weight is 341 g/mol. The third-order valence-corrected chi connectivity index (χ3v) is 4.01. The highest BCUT2D eigenvalue weighted by atomic mass is 19.1. The highest BCUT2D eigenvalue weighted by Crippen LogP contribution is 2.36.